The third-order valence-electron chi connectivity index (χ3n) is 3.06. The Bertz CT molecular complexity index is 753. The molecule has 0 aliphatic carbocycles. The van der Waals surface area contributed by atoms with E-state index >= 15 is 0 Å². The summed E-state index contributed by atoms with van der Waals surface area (Å²) in [6.45, 7) is 3.23. The lowest BCUT2D eigenvalue weighted by atomic mass is 10.3. The lowest BCUT2D eigenvalue weighted by molar-refractivity contribution is 0.333. The van der Waals surface area contributed by atoms with Gasteiger partial charge in [-0.05, 0) is 36.8 Å². The molecule has 108 valence electrons. The first-order valence-corrected chi connectivity index (χ1v) is 6.75. The zero-order valence-corrected chi connectivity index (χ0v) is 11.8. The minimum absolute atomic E-state index is 0.535. The molecule has 1 aromatic carbocycles. The topological polar surface area (TPSA) is 77.5 Å². The van der Waals surface area contributed by atoms with E-state index in [2.05, 4.69) is 15.4 Å². The normalized spacial score (nSPS) is 10.7. The van der Waals surface area contributed by atoms with Crippen LogP contribution in [0.5, 0.6) is 5.75 Å². The number of pyridine rings is 1. The van der Waals surface area contributed by atoms with E-state index < -0.39 is 0 Å². The highest BCUT2D eigenvalue weighted by molar-refractivity contribution is 5.51. The molecule has 0 spiro atoms. The lowest BCUT2D eigenvalue weighted by Crippen LogP contribution is -2.14. The molecule has 0 aliphatic rings. The summed E-state index contributed by atoms with van der Waals surface area (Å²) in [5.41, 5.74) is 8.37. The fourth-order valence-corrected chi connectivity index (χ4v) is 2.13. The summed E-state index contributed by atoms with van der Waals surface area (Å²) in [7, 11) is 0. The number of nitrogens with zero attached hydrogens (tertiary/aromatic N) is 3. The molecule has 0 amide bonds. The second-order valence-corrected chi connectivity index (χ2v) is 4.80. The molecule has 6 heteroatoms. The fourth-order valence-electron chi connectivity index (χ4n) is 2.13. The maximum absolute atomic E-state index is 5.71. The molecule has 0 bridgehead atoms. The molecule has 2 heterocycles. The molecular weight excluding hydrogens is 266 g/mol. The number of nitrogens with two attached hydrogens (primary N) is 1. The molecule has 0 atom stereocenters. The van der Waals surface area contributed by atoms with Crippen LogP contribution in [0.3, 0.4) is 0 Å². The quantitative estimate of drug-likeness (QED) is 0.554. The number of hydrogen-bond acceptors (Lipinski definition) is 5. The number of benzene rings is 1. The Morgan fingerprint density at radius 2 is 2.19 bits per heavy atom. The average molecular weight is 283 g/mol. The molecule has 2 aromatic heterocycles. The van der Waals surface area contributed by atoms with Crippen LogP contribution in [0.1, 0.15) is 5.56 Å². The average Bonchev–Trinajstić information content (AvgIpc) is 2.91. The van der Waals surface area contributed by atoms with Gasteiger partial charge in [-0.25, -0.2) is 4.98 Å². The van der Waals surface area contributed by atoms with Gasteiger partial charge < -0.3 is 15.8 Å². The van der Waals surface area contributed by atoms with Crippen LogP contribution in [0.2, 0.25) is 0 Å². The van der Waals surface area contributed by atoms with Crippen LogP contribution in [0.25, 0.3) is 5.65 Å². The van der Waals surface area contributed by atoms with Gasteiger partial charge in [0, 0.05) is 11.8 Å². The van der Waals surface area contributed by atoms with Gasteiger partial charge in [-0.3, -0.25) is 0 Å². The van der Waals surface area contributed by atoms with Crippen molar-refractivity contribution in [3.63, 3.8) is 0 Å². The van der Waals surface area contributed by atoms with Crippen molar-refractivity contribution in [3.8, 4) is 5.75 Å². The Labute approximate surface area is 122 Å². The first-order valence-electron chi connectivity index (χ1n) is 6.75. The molecule has 0 aliphatic heterocycles. The third kappa shape index (κ3) is 3.05. The molecule has 0 fully saturated rings. The highest BCUT2D eigenvalue weighted by Crippen LogP contribution is 2.15. The van der Waals surface area contributed by atoms with Crippen LogP contribution in [0.4, 0.5) is 11.5 Å². The third-order valence-corrected chi connectivity index (χ3v) is 3.06. The summed E-state index contributed by atoms with van der Waals surface area (Å²) in [6, 6.07) is 11.4. The molecule has 3 aromatic rings. The van der Waals surface area contributed by atoms with Gasteiger partial charge in [-0.2, -0.15) is 9.61 Å². The van der Waals surface area contributed by atoms with Crippen molar-refractivity contribution in [2.24, 2.45) is 0 Å². The number of aromatic nitrogens is 3. The minimum atomic E-state index is 0.535. The summed E-state index contributed by atoms with van der Waals surface area (Å²) in [6.07, 6.45) is 1.54. The summed E-state index contributed by atoms with van der Waals surface area (Å²) in [5, 5.41) is 7.50. The van der Waals surface area contributed by atoms with Gasteiger partial charge in [0.15, 0.2) is 5.65 Å². The number of nitrogen functional groups attached to an aromatic ring is 1. The summed E-state index contributed by atoms with van der Waals surface area (Å²) in [5.74, 6) is 1.67. The number of nitrogens with one attached hydrogen (secondary N) is 1. The predicted molar refractivity (Wildman–Crippen MR) is 82.6 cm³/mol. The highest BCUT2D eigenvalue weighted by atomic mass is 16.5. The van der Waals surface area contributed by atoms with Gasteiger partial charge in [0.2, 0.25) is 0 Å². The van der Waals surface area contributed by atoms with Crippen LogP contribution in [-0.4, -0.2) is 27.7 Å². The monoisotopic (exact) mass is 283 g/mol. The molecule has 6 nitrogen and oxygen atoms in total. The van der Waals surface area contributed by atoms with E-state index in [1.165, 1.54) is 0 Å². The number of fused-ring (bicyclic) bond motifs is 1. The van der Waals surface area contributed by atoms with E-state index in [1.54, 1.807) is 10.8 Å². The number of aryl methyl sites for hydroxylation is 1. The smallest absolute Gasteiger partial charge is 0.157 e. The summed E-state index contributed by atoms with van der Waals surface area (Å²) in [4.78, 5) is 4.19. The predicted octanol–water partition coefficient (Wildman–Crippen LogP) is 2.11. The minimum Gasteiger partial charge on any atom is -0.492 e. The van der Waals surface area contributed by atoms with Crippen molar-refractivity contribution in [2.75, 3.05) is 24.2 Å². The van der Waals surface area contributed by atoms with E-state index in [0.717, 1.165) is 22.8 Å². The van der Waals surface area contributed by atoms with E-state index in [0.29, 0.717) is 18.8 Å². The molecular formula is C15H17N5O. The van der Waals surface area contributed by atoms with Crippen molar-refractivity contribution in [1.82, 2.24) is 14.6 Å². The van der Waals surface area contributed by atoms with Crippen LogP contribution < -0.4 is 15.8 Å². The van der Waals surface area contributed by atoms with Gasteiger partial charge >= 0.3 is 0 Å². The summed E-state index contributed by atoms with van der Waals surface area (Å²) >= 11 is 0. The second kappa shape index (κ2) is 5.70. The number of ether oxygens (including phenoxy) is 1. The maximum atomic E-state index is 5.71. The van der Waals surface area contributed by atoms with E-state index in [1.807, 2.05) is 43.3 Å². The van der Waals surface area contributed by atoms with Gasteiger partial charge in [-0.1, -0.05) is 6.07 Å². The first-order chi connectivity index (χ1) is 10.2. The molecule has 0 saturated heterocycles. The van der Waals surface area contributed by atoms with E-state index in [-0.39, 0.29) is 0 Å². The SMILES string of the molecule is Cc1cc(NCCOc2cccc(N)c2)n2ncnc2c1. The van der Waals surface area contributed by atoms with Crippen molar-refractivity contribution in [1.29, 1.82) is 0 Å². The van der Waals surface area contributed by atoms with Gasteiger partial charge in [-0.15, -0.1) is 0 Å². The number of anilines is 2. The Morgan fingerprint density at radius 3 is 3.05 bits per heavy atom. The van der Waals surface area contributed by atoms with Crippen LogP contribution in [0.15, 0.2) is 42.7 Å². The van der Waals surface area contributed by atoms with Crippen molar-refractivity contribution in [2.45, 2.75) is 6.92 Å². The zero-order chi connectivity index (χ0) is 14.7. The van der Waals surface area contributed by atoms with Crippen molar-refractivity contribution < 1.29 is 4.74 Å². The Hall–Kier alpha value is -2.76. The van der Waals surface area contributed by atoms with E-state index in [9.17, 15) is 0 Å². The van der Waals surface area contributed by atoms with Crippen LogP contribution in [0, 0.1) is 6.92 Å². The Morgan fingerprint density at radius 1 is 1.29 bits per heavy atom. The fraction of sp³-hybridized carbons (Fsp3) is 0.200. The van der Waals surface area contributed by atoms with E-state index in [4.69, 9.17) is 10.5 Å². The second-order valence-electron chi connectivity index (χ2n) is 4.80. The molecule has 0 saturated carbocycles. The molecule has 3 N–H and O–H groups in total. The van der Waals surface area contributed by atoms with Crippen molar-refractivity contribution in [3.05, 3.63) is 48.3 Å². The van der Waals surface area contributed by atoms with Crippen LogP contribution in [-0.2, 0) is 0 Å². The highest BCUT2D eigenvalue weighted by Gasteiger charge is 2.03. The standard InChI is InChI=1S/C15H17N5O/c1-11-7-14(20-15(8-11)18-10-19-20)17-5-6-21-13-4-2-3-12(16)9-13/h2-4,7-10,17H,5-6,16H2,1H3. The molecule has 21 heavy (non-hydrogen) atoms. The molecule has 3 rings (SSSR count). The van der Waals surface area contributed by atoms with Crippen LogP contribution >= 0.6 is 0 Å². The Kier molecular flexibility index (Phi) is 3.59. The van der Waals surface area contributed by atoms with Gasteiger partial charge in [0.1, 0.15) is 24.5 Å². The summed E-state index contributed by atoms with van der Waals surface area (Å²) < 4.78 is 7.42. The van der Waals surface area contributed by atoms with Crippen molar-refractivity contribution >= 4 is 17.2 Å². The molecule has 0 unspecified atom stereocenters. The van der Waals surface area contributed by atoms with Gasteiger partial charge in [0.25, 0.3) is 0 Å². The Balaban J connectivity index is 1.61. The first kappa shape index (κ1) is 13.2. The largest absolute Gasteiger partial charge is 0.492 e. The molecule has 0 radical (unpaired) electrons. The maximum Gasteiger partial charge on any atom is 0.157 e. The lowest BCUT2D eigenvalue weighted by Gasteiger charge is -2.10. The zero-order valence-electron chi connectivity index (χ0n) is 11.8. The number of rotatable bonds is 5. The number of hydrogen-bond donors (Lipinski definition) is 2. The van der Waals surface area contributed by atoms with Gasteiger partial charge in [0.05, 0.1) is 6.54 Å².